The molecule has 0 aliphatic heterocycles. The first-order chi connectivity index (χ1) is 9.38. The molecule has 0 saturated heterocycles. The number of carbonyl (C=O) groups is 1. The third-order valence-electron chi connectivity index (χ3n) is 3.16. The van der Waals surface area contributed by atoms with Gasteiger partial charge in [0.1, 0.15) is 0 Å². The van der Waals surface area contributed by atoms with E-state index in [1.54, 1.807) is 6.07 Å². The number of nitrogens with one attached hydrogen (secondary N) is 1. The lowest BCUT2D eigenvalue weighted by molar-refractivity contribution is -0.116. The quantitative estimate of drug-likeness (QED) is 0.753. The maximum absolute atomic E-state index is 11.9. The molecule has 20 heavy (non-hydrogen) atoms. The van der Waals surface area contributed by atoms with Gasteiger partial charge in [-0.1, -0.05) is 19.9 Å². The molecule has 0 unspecified atom stereocenters. The maximum Gasteiger partial charge on any atom is 0.224 e. The van der Waals surface area contributed by atoms with Gasteiger partial charge in [-0.2, -0.15) is 0 Å². The van der Waals surface area contributed by atoms with Crippen molar-refractivity contribution in [2.24, 2.45) is 5.92 Å². The molecule has 0 aromatic heterocycles. The predicted octanol–water partition coefficient (Wildman–Crippen LogP) is 2.88. The fraction of sp³-hybridized carbons (Fsp3) is 0.562. The van der Waals surface area contributed by atoms with Crippen LogP contribution in [0.5, 0.6) is 0 Å². The lowest BCUT2D eigenvalue weighted by Crippen LogP contribution is -2.25. The molecule has 0 aliphatic carbocycles. The molecule has 1 aromatic rings. The van der Waals surface area contributed by atoms with Crippen LogP contribution in [0.2, 0.25) is 0 Å². The van der Waals surface area contributed by atoms with Gasteiger partial charge in [-0.3, -0.25) is 4.79 Å². The van der Waals surface area contributed by atoms with E-state index in [9.17, 15) is 4.79 Å². The highest BCUT2D eigenvalue weighted by atomic mass is 16.1. The lowest BCUT2D eigenvalue weighted by Gasteiger charge is -2.18. The molecule has 1 rings (SSSR count). The SMILES string of the molecule is Cc1ccc(N)cc1NC(=O)CCCN(C)CC(C)C. The molecule has 1 aromatic carbocycles. The highest BCUT2D eigenvalue weighted by Gasteiger charge is 2.07. The normalized spacial score (nSPS) is 11.1. The van der Waals surface area contributed by atoms with Crippen molar-refractivity contribution in [3.63, 3.8) is 0 Å². The van der Waals surface area contributed by atoms with Gasteiger partial charge < -0.3 is 16.0 Å². The number of amides is 1. The van der Waals surface area contributed by atoms with Crippen molar-refractivity contribution in [2.75, 3.05) is 31.2 Å². The summed E-state index contributed by atoms with van der Waals surface area (Å²) in [6.45, 7) is 8.38. The van der Waals surface area contributed by atoms with Crippen molar-refractivity contribution in [3.05, 3.63) is 23.8 Å². The minimum Gasteiger partial charge on any atom is -0.399 e. The number of nitrogens with zero attached hydrogens (tertiary/aromatic N) is 1. The van der Waals surface area contributed by atoms with E-state index in [1.807, 2.05) is 19.1 Å². The summed E-state index contributed by atoms with van der Waals surface area (Å²) in [6, 6.07) is 5.56. The van der Waals surface area contributed by atoms with Crippen LogP contribution in [-0.2, 0) is 4.79 Å². The molecule has 0 bridgehead atoms. The summed E-state index contributed by atoms with van der Waals surface area (Å²) in [6.07, 6.45) is 1.41. The predicted molar refractivity (Wildman–Crippen MR) is 85.8 cm³/mol. The number of hydrogen-bond acceptors (Lipinski definition) is 3. The third kappa shape index (κ3) is 6.06. The van der Waals surface area contributed by atoms with E-state index in [4.69, 9.17) is 5.73 Å². The van der Waals surface area contributed by atoms with E-state index >= 15 is 0 Å². The molecule has 112 valence electrons. The highest BCUT2D eigenvalue weighted by molar-refractivity contribution is 5.91. The smallest absolute Gasteiger partial charge is 0.224 e. The topological polar surface area (TPSA) is 58.4 Å². The van der Waals surface area contributed by atoms with E-state index in [2.05, 4.69) is 31.1 Å². The number of rotatable bonds is 7. The Morgan fingerprint density at radius 1 is 1.40 bits per heavy atom. The monoisotopic (exact) mass is 277 g/mol. The number of nitrogens with two attached hydrogens (primary N) is 1. The van der Waals surface area contributed by atoms with E-state index in [0.717, 1.165) is 30.8 Å². The summed E-state index contributed by atoms with van der Waals surface area (Å²) < 4.78 is 0. The fourth-order valence-electron chi connectivity index (χ4n) is 2.21. The number of benzene rings is 1. The largest absolute Gasteiger partial charge is 0.399 e. The Hall–Kier alpha value is -1.55. The summed E-state index contributed by atoms with van der Waals surface area (Å²) in [4.78, 5) is 14.2. The van der Waals surface area contributed by atoms with Crippen molar-refractivity contribution < 1.29 is 4.79 Å². The summed E-state index contributed by atoms with van der Waals surface area (Å²) in [5.74, 6) is 0.709. The molecule has 4 nitrogen and oxygen atoms in total. The zero-order chi connectivity index (χ0) is 15.1. The fourth-order valence-corrected chi connectivity index (χ4v) is 2.21. The molecule has 1 amide bonds. The first-order valence-electron chi connectivity index (χ1n) is 7.23. The van der Waals surface area contributed by atoms with Gasteiger partial charge in [0.15, 0.2) is 0 Å². The van der Waals surface area contributed by atoms with Crippen LogP contribution >= 0.6 is 0 Å². The minimum atomic E-state index is 0.0525. The van der Waals surface area contributed by atoms with E-state index in [-0.39, 0.29) is 5.91 Å². The van der Waals surface area contributed by atoms with Crippen molar-refractivity contribution in [2.45, 2.75) is 33.6 Å². The van der Waals surface area contributed by atoms with Crippen LogP contribution in [0.3, 0.4) is 0 Å². The summed E-state index contributed by atoms with van der Waals surface area (Å²) in [7, 11) is 2.10. The van der Waals surface area contributed by atoms with Crippen molar-refractivity contribution in [1.82, 2.24) is 4.90 Å². The van der Waals surface area contributed by atoms with Crippen molar-refractivity contribution in [1.29, 1.82) is 0 Å². The van der Waals surface area contributed by atoms with Crippen LogP contribution in [-0.4, -0.2) is 30.9 Å². The summed E-state index contributed by atoms with van der Waals surface area (Å²) in [5, 5.41) is 2.93. The van der Waals surface area contributed by atoms with Crippen LogP contribution in [0.15, 0.2) is 18.2 Å². The number of carbonyl (C=O) groups excluding carboxylic acids is 1. The van der Waals surface area contributed by atoms with Gasteiger partial charge in [-0.15, -0.1) is 0 Å². The average molecular weight is 277 g/mol. The molecule has 3 N–H and O–H groups in total. The van der Waals surface area contributed by atoms with Crippen molar-refractivity contribution in [3.8, 4) is 0 Å². The Balaban J connectivity index is 2.35. The number of hydrogen-bond donors (Lipinski definition) is 2. The van der Waals surface area contributed by atoms with Gasteiger partial charge in [-0.25, -0.2) is 0 Å². The molecule has 4 heteroatoms. The average Bonchev–Trinajstić information content (AvgIpc) is 2.33. The molecule has 0 fully saturated rings. The van der Waals surface area contributed by atoms with Gasteiger partial charge in [-0.05, 0) is 50.6 Å². The van der Waals surface area contributed by atoms with Gasteiger partial charge in [0.2, 0.25) is 5.91 Å². The highest BCUT2D eigenvalue weighted by Crippen LogP contribution is 2.18. The standard InChI is InChI=1S/C16H27N3O/c1-12(2)11-19(4)9-5-6-16(20)18-15-10-14(17)8-7-13(15)3/h7-8,10,12H,5-6,9,11,17H2,1-4H3,(H,18,20). The Morgan fingerprint density at radius 2 is 2.10 bits per heavy atom. The van der Waals surface area contributed by atoms with Crippen LogP contribution < -0.4 is 11.1 Å². The summed E-state index contributed by atoms with van der Waals surface area (Å²) in [5.41, 5.74) is 8.24. The number of anilines is 2. The molecule has 0 saturated carbocycles. The Bertz CT molecular complexity index is 443. The first-order valence-corrected chi connectivity index (χ1v) is 7.23. The molecule has 0 heterocycles. The van der Waals surface area contributed by atoms with Gasteiger partial charge in [0.25, 0.3) is 0 Å². The third-order valence-corrected chi connectivity index (χ3v) is 3.16. The van der Waals surface area contributed by atoms with Crippen LogP contribution in [0.25, 0.3) is 0 Å². The Morgan fingerprint density at radius 3 is 2.75 bits per heavy atom. The molecule has 0 spiro atoms. The zero-order valence-electron chi connectivity index (χ0n) is 13.1. The molecule has 0 radical (unpaired) electrons. The summed E-state index contributed by atoms with van der Waals surface area (Å²) >= 11 is 0. The van der Waals surface area contributed by atoms with Gasteiger partial charge in [0, 0.05) is 24.3 Å². The molecular formula is C16H27N3O. The number of nitrogen functional groups attached to an aromatic ring is 1. The van der Waals surface area contributed by atoms with E-state index in [1.165, 1.54) is 0 Å². The molecule has 0 atom stereocenters. The Labute approximate surface area is 122 Å². The zero-order valence-corrected chi connectivity index (χ0v) is 13.1. The van der Waals surface area contributed by atoms with E-state index in [0.29, 0.717) is 18.0 Å². The van der Waals surface area contributed by atoms with Crippen LogP contribution in [0.1, 0.15) is 32.3 Å². The number of aryl methyl sites for hydroxylation is 1. The van der Waals surface area contributed by atoms with Gasteiger partial charge in [0.05, 0.1) is 0 Å². The second kappa shape index (κ2) is 7.90. The molecule has 0 aliphatic rings. The van der Waals surface area contributed by atoms with Crippen LogP contribution in [0, 0.1) is 12.8 Å². The van der Waals surface area contributed by atoms with Gasteiger partial charge >= 0.3 is 0 Å². The first kappa shape index (κ1) is 16.5. The molecular weight excluding hydrogens is 250 g/mol. The Kier molecular flexibility index (Phi) is 6.52. The maximum atomic E-state index is 11.9. The lowest BCUT2D eigenvalue weighted by atomic mass is 10.1. The second-order valence-corrected chi connectivity index (χ2v) is 5.88. The second-order valence-electron chi connectivity index (χ2n) is 5.88. The minimum absolute atomic E-state index is 0.0525. The van der Waals surface area contributed by atoms with Crippen molar-refractivity contribution >= 4 is 17.3 Å². The van der Waals surface area contributed by atoms with E-state index < -0.39 is 0 Å². The van der Waals surface area contributed by atoms with Crippen LogP contribution in [0.4, 0.5) is 11.4 Å².